The molecular weight excluding hydrogens is 392 g/mol. The number of ketones is 1. The van der Waals surface area contributed by atoms with Gasteiger partial charge in [-0.3, -0.25) is 9.59 Å². The number of sulfonamides is 1. The van der Waals surface area contributed by atoms with Crippen LogP contribution in [0.1, 0.15) is 29.0 Å². The Hall–Kier alpha value is -3.23. The lowest BCUT2D eigenvalue weighted by Crippen LogP contribution is -2.23. The summed E-state index contributed by atoms with van der Waals surface area (Å²) >= 11 is 0. The first-order chi connectivity index (χ1) is 13.9. The van der Waals surface area contributed by atoms with Gasteiger partial charge in [0.2, 0.25) is 15.9 Å². The standard InChI is InChI=1S/C21H20N2O5S/c24-20(16-5-2-1-3-6-16)12-13-21(25)23-17-8-10-19(11-9-17)29(26,27)22-15-18-7-4-14-28-18/h1-11,14,22H,12-13,15H2,(H,23,25). The first-order valence-corrected chi connectivity index (χ1v) is 10.4. The van der Waals surface area contributed by atoms with Gasteiger partial charge in [0.25, 0.3) is 0 Å². The second-order valence-electron chi connectivity index (χ2n) is 6.27. The molecule has 0 radical (unpaired) electrons. The summed E-state index contributed by atoms with van der Waals surface area (Å²) in [6.45, 7) is 0.0449. The van der Waals surface area contributed by atoms with Gasteiger partial charge in [-0.1, -0.05) is 30.3 Å². The van der Waals surface area contributed by atoms with Crippen LogP contribution in [0.4, 0.5) is 5.69 Å². The van der Waals surface area contributed by atoms with Gasteiger partial charge in [0.15, 0.2) is 5.78 Å². The normalized spacial score (nSPS) is 11.2. The number of carbonyl (C=O) groups is 2. The van der Waals surface area contributed by atoms with Gasteiger partial charge in [-0.15, -0.1) is 0 Å². The van der Waals surface area contributed by atoms with Crippen molar-refractivity contribution in [3.63, 3.8) is 0 Å². The van der Waals surface area contributed by atoms with Crippen molar-refractivity contribution in [2.75, 3.05) is 5.32 Å². The van der Waals surface area contributed by atoms with E-state index < -0.39 is 10.0 Å². The molecule has 150 valence electrons. The van der Waals surface area contributed by atoms with Crippen molar-refractivity contribution in [1.29, 1.82) is 0 Å². The van der Waals surface area contributed by atoms with E-state index >= 15 is 0 Å². The maximum absolute atomic E-state index is 12.3. The van der Waals surface area contributed by atoms with E-state index in [0.717, 1.165) is 0 Å². The summed E-state index contributed by atoms with van der Waals surface area (Å²) in [5.41, 5.74) is 1.02. The van der Waals surface area contributed by atoms with Crippen LogP contribution in [0.15, 0.2) is 82.3 Å². The van der Waals surface area contributed by atoms with E-state index in [0.29, 0.717) is 17.0 Å². The van der Waals surface area contributed by atoms with Crippen molar-refractivity contribution >= 4 is 27.4 Å². The number of amides is 1. The Balaban J connectivity index is 1.51. The molecule has 8 heteroatoms. The van der Waals surface area contributed by atoms with Crippen LogP contribution in [-0.4, -0.2) is 20.1 Å². The summed E-state index contributed by atoms with van der Waals surface area (Å²) in [6.07, 6.45) is 1.60. The molecule has 0 aliphatic carbocycles. The van der Waals surface area contributed by atoms with E-state index in [4.69, 9.17) is 4.42 Å². The van der Waals surface area contributed by atoms with Crippen molar-refractivity contribution < 1.29 is 22.4 Å². The minimum atomic E-state index is -3.70. The topological polar surface area (TPSA) is 105 Å². The maximum Gasteiger partial charge on any atom is 0.240 e. The fraction of sp³-hybridized carbons (Fsp3) is 0.143. The average Bonchev–Trinajstić information content (AvgIpc) is 3.25. The zero-order chi connectivity index (χ0) is 20.7. The number of rotatable bonds is 9. The zero-order valence-electron chi connectivity index (χ0n) is 15.5. The minimum Gasteiger partial charge on any atom is -0.468 e. The third-order valence-electron chi connectivity index (χ3n) is 4.14. The third kappa shape index (κ3) is 5.87. The number of hydrogen-bond acceptors (Lipinski definition) is 5. The van der Waals surface area contributed by atoms with Gasteiger partial charge < -0.3 is 9.73 Å². The van der Waals surface area contributed by atoms with Gasteiger partial charge in [0.1, 0.15) is 5.76 Å². The molecule has 0 spiro atoms. The van der Waals surface area contributed by atoms with Crippen molar-refractivity contribution in [2.45, 2.75) is 24.3 Å². The largest absolute Gasteiger partial charge is 0.468 e. The summed E-state index contributed by atoms with van der Waals surface area (Å²) < 4.78 is 32.1. The van der Waals surface area contributed by atoms with Crippen molar-refractivity contribution in [2.24, 2.45) is 0 Å². The van der Waals surface area contributed by atoms with Crippen LogP contribution in [0.25, 0.3) is 0 Å². The van der Waals surface area contributed by atoms with Crippen LogP contribution < -0.4 is 10.0 Å². The Kier molecular flexibility index (Phi) is 6.58. The van der Waals surface area contributed by atoms with Gasteiger partial charge in [0.05, 0.1) is 17.7 Å². The molecule has 3 rings (SSSR count). The van der Waals surface area contributed by atoms with E-state index in [1.807, 2.05) is 6.07 Å². The lowest BCUT2D eigenvalue weighted by atomic mass is 10.1. The summed E-state index contributed by atoms with van der Waals surface area (Å²) in [4.78, 5) is 24.2. The summed E-state index contributed by atoms with van der Waals surface area (Å²) in [5, 5.41) is 2.66. The Morgan fingerprint density at radius 2 is 1.59 bits per heavy atom. The Labute approximate surface area is 168 Å². The first kappa shape index (κ1) is 20.5. The molecule has 1 amide bonds. The number of anilines is 1. The van der Waals surface area contributed by atoms with Gasteiger partial charge in [-0.2, -0.15) is 0 Å². The van der Waals surface area contributed by atoms with Gasteiger partial charge in [-0.25, -0.2) is 13.1 Å². The lowest BCUT2D eigenvalue weighted by Gasteiger charge is -2.08. The molecule has 0 atom stereocenters. The molecule has 7 nitrogen and oxygen atoms in total. The molecule has 0 saturated heterocycles. The highest BCUT2D eigenvalue weighted by molar-refractivity contribution is 7.89. The van der Waals surface area contributed by atoms with Crippen LogP contribution in [-0.2, 0) is 21.4 Å². The van der Waals surface area contributed by atoms with E-state index in [2.05, 4.69) is 10.0 Å². The maximum atomic E-state index is 12.3. The molecule has 0 bridgehead atoms. The molecule has 1 aromatic heterocycles. The van der Waals surface area contributed by atoms with Crippen LogP contribution in [0.5, 0.6) is 0 Å². The average molecular weight is 412 g/mol. The Bertz CT molecular complexity index is 1060. The molecule has 2 N–H and O–H groups in total. The molecule has 3 aromatic rings. The first-order valence-electron chi connectivity index (χ1n) is 8.94. The van der Waals surface area contributed by atoms with Crippen molar-refractivity contribution in [3.05, 3.63) is 84.3 Å². The number of carbonyl (C=O) groups excluding carboxylic acids is 2. The molecule has 0 saturated carbocycles. The third-order valence-corrected chi connectivity index (χ3v) is 5.56. The smallest absolute Gasteiger partial charge is 0.240 e. The molecule has 1 heterocycles. The highest BCUT2D eigenvalue weighted by atomic mass is 32.2. The van der Waals surface area contributed by atoms with E-state index in [1.165, 1.54) is 30.5 Å². The second kappa shape index (κ2) is 9.31. The highest BCUT2D eigenvalue weighted by Gasteiger charge is 2.15. The Morgan fingerprint density at radius 1 is 0.862 bits per heavy atom. The summed E-state index contributed by atoms with van der Waals surface area (Å²) in [5.74, 6) is 0.0770. The van der Waals surface area contributed by atoms with Crippen LogP contribution in [0.3, 0.4) is 0 Å². The number of hydrogen-bond donors (Lipinski definition) is 2. The molecular formula is C21H20N2O5S. The van der Waals surface area contributed by atoms with E-state index in [1.54, 1.807) is 36.4 Å². The fourth-order valence-electron chi connectivity index (χ4n) is 2.60. The van der Waals surface area contributed by atoms with Crippen LogP contribution in [0, 0.1) is 0 Å². The molecule has 0 fully saturated rings. The monoisotopic (exact) mass is 412 g/mol. The zero-order valence-corrected chi connectivity index (χ0v) is 16.3. The Morgan fingerprint density at radius 3 is 2.24 bits per heavy atom. The van der Waals surface area contributed by atoms with Crippen LogP contribution >= 0.6 is 0 Å². The van der Waals surface area contributed by atoms with Crippen molar-refractivity contribution in [1.82, 2.24) is 4.72 Å². The number of benzene rings is 2. The van der Waals surface area contributed by atoms with E-state index in [9.17, 15) is 18.0 Å². The molecule has 0 aliphatic rings. The fourth-order valence-corrected chi connectivity index (χ4v) is 3.59. The predicted octanol–water partition coefficient (Wildman–Crippen LogP) is 3.36. The van der Waals surface area contributed by atoms with Crippen LogP contribution in [0.2, 0.25) is 0 Å². The quantitative estimate of drug-likeness (QED) is 0.524. The van der Waals surface area contributed by atoms with Crippen molar-refractivity contribution in [3.8, 4) is 0 Å². The highest BCUT2D eigenvalue weighted by Crippen LogP contribution is 2.15. The predicted molar refractivity (Wildman–Crippen MR) is 108 cm³/mol. The number of Topliss-reactive ketones (excluding diaryl/α,β-unsaturated/α-hetero) is 1. The van der Waals surface area contributed by atoms with Gasteiger partial charge in [-0.05, 0) is 36.4 Å². The molecule has 0 aliphatic heterocycles. The van der Waals surface area contributed by atoms with E-state index in [-0.39, 0.29) is 36.0 Å². The minimum absolute atomic E-state index is 0.0402. The summed E-state index contributed by atoms with van der Waals surface area (Å²) in [7, 11) is -3.70. The van der Waals surface area contributed by atoms with Gasteiger partial charge >= 0.3 is 0 Å². The van der Waals surface area contributed by atoms with Gasteiger partial charge in [0, 0.05) is 24.1 Å². The summed E-state index contributed by atoms with van der Waals surface area (Å²) in [6, 6.07) is 17.9. The molecule has 29 heavy (non-hydrogen) atoms. The molecule has 0 unspecified atom stereocenters. The number of nitrogens with one attached hydrogen (secondary N) is 2. The SMILES string of the molecule is O=C(CCC(=O)c1ccccc1)Nc1ccc(S(=O)(=O)NCc2ccco2)cc1. The molecule has 2 aromatic carbocycles. The second-order valence-corrected chi connectivity index (χ2v) is 8.03. The number of furan rings is 1. The lowest BCUT2D eigenvalue weighted by molar-refractivity contribution is -0.116.